The van der Waals surface area contributed by atoms with Gasteiger partial charge < -0.3 is 14.8 Å². The lowest BCUT2D eigenvalue weighted by atomic mass is 10.1. The summed E-state index contributed by atoms with van der Waals surface area (Å²) in [7, 11) is 1.51. The molecule has 140 valence electrons. The van der Waals surface area contributed by atoms with E-state index in [1.807, 2.05) is 43.5 Å². The van der Waals surface area contributed by atoms with Crippen LogP contribution in [0.3, 0.4) is 0 Å². The summed E-state index contributed by atoms with van der Waals surface area (Å²) >= 11 is 7.84. The Morgan fingerprint density at radius 3 is 2.78 bits per heavy atom. The van der Waals surface area contributed by atoms with E-state index in [1.54, 1.807) is 23.5 Å². The van der Waals surface area contributed by atoms with Crippen LogP contribution >= 0.6 is 22.9 Å². The summed E-state index contributed by atoms with van der Waals surface area (Å²) in [4.78, 5) is 17.2. The molecule has 0 fully saturated rings. The maximum atomic E-state index is 12.7. The van der Waals surface area contributed by atoms with Crippen molar-refractivity contribution in [3.63, 3.8) is 0 Å². The fourth-order valence-corrected chi connectivity index (χ4v) is 3.48. The van der Waals surface area contributed by atoms with Crippen molar-refractivity contribution < 1.29 is 14.3 Å². The summed E-state index contributed by atoms with van der Waals surface area (Å²) in [6.07, 6.45) is 0. The van der Waals surface area contributed by atoms with Gasteiger partial charge in [-0.1, -0.05) is 23.7 Å². The number of aromatic nitrogens is 1. The number of anilines is 1. The number of benzene rings is 2. The van der Waals surface area contributed by atoms with Gasteiger partial charge in [-0.25, -0.2) is 4.98 Å². The lowest BCUT2D eigenvalue weighted by Gasteiger charge is -2.13. The van der Waals surface area contributed by atoms with E-state index >= 15 is 0 Å². The highest BCUT2D eigenvalue weighted by Crippen LogP contribution is 2.36. The Morgan fingerprint density at radius 2 is 2.11 bits per heavy atom. The molecule has 0 radical (unpaired) electrons. The quantitative estimate of drug-likeness (QED) is 0.597. The number of carbonyl (C=O) groups is 1. The topological polar surface area (TPSA) is 60.5 Å². The van der Waals surface area contributed by atoms with Gasteiger partial charge in [0, 0.05) is 22.2 Å². The molecular weight excluding hydrogens is 384 g/mol. The summed E-state index contributed by atoms with van der Waals surface area (Å²) in [5, 5.41) is 6.20. The lowest BCUT2D eigenvalue weighted by molar-refractivity contribution is 0.102. The van der Waals surface area contributed by atoms with Crippen LogP contribution in [0.25, 0.3) is 11.3 Å². The molecule has 27 heavy (non-hydrogen) atoms. The van der Waals surface area contributed by atoms with E-state index in [-0.39, 0.29) is 5.91 Å². The molecule has 1 heterocycles. The molecule has 0 aliphatic heterocycles. The van der Waals surface area contributed by atoms with Crippen LogP contribution in [-0.4, -0.2) is 24.6 Å². The second-order valence-corrected chi connectivity index (χ2v) is 7.18. The monoisotopic (exact) mass is 402 g/mol. The minimum atomic E-state index is -0.287. The number of ether oxygens (including phenoxy) is 2. The number of hydrogen-bond acceptors (Lipinski definition) is 5. The van der Waals surface area contributed by atoms with Gasteiger partial charge in [0.05, 0.1) is 29.4 Å². The third-order valence-corrected chi connectivity index (χ3v) is 4.87. The normalized spacial score (nSPS) is 10.5. The molecule has 3 aromatic rings. The highest BCUT2D eigenvalue weighted by Gasteiger charge is 2.16. The third-order valence-electron chi connectivity index (χ3n) is 3.82. The van der Waals surface area contributed by atoms with Crippen LogP contribution in [0.2, 0.25) is 5.02 Å². The summed E-state index contributed by atoms with van der Waals surface area (Å²) in [6, 6.07) is 10.7. The zero-order chi connectivity index (χ0) is 19.4. The molecule has 0 unspecified atom stereocenters. The van der Waals surface area contributed by atoms with E-state index in [0.717, 1.165) is 16.3 Å². The Bertz CT molecular complexity index is 972. The number of methoxy groups -OCH3 is 1. The fourth-order valence-electron chi connectivity index (χ4n) is 2.59. The van der Waals surface area contributed by atoms with Crippen molar-refractivity contribution in [2.24, 2.45) is 0 Å². The van der Waals surface area contributed by atoms with Gasteiger partial charge in [-0.2, -0.15) is 0 Å². The van der Waals surface area contributed by atoms with E-state index in [9.17, 15) is 4.79 Å². The smallest absolute Gasteiger partial charge is 0.255 e. The average Bonchev–Trinajstić information content (AvgIpc) is 3.10. The molecule has 7 heteroatoms. The van der Waals surface area contributed by atoms with Crippen LogP contribution < -0.4 is 14.8 Å². The number of thiazole rings is 1. The molecule has 1 N–H and O–H groups in total. The van der Waals surface area contributed by atoms with Crippen molar-refractivity contribution in [3.8, 4) is 22.8 Å². The van der Waals surface area contributed by atoms with E-state index in [4.69, 9.17) is 21.1 Å². The maximum absolute atomic E-state index is 12.7. The lowest BCUT2D eigenvalue weighted by Crippen LogP contribution is -2.12. The predicted octanol–water partition coefficient (Wildman–Crippen LogP) is 5.43. The van der Waals surface area contributed by atoms with E-state index < -0.39 is 0 Å². The number of nitrogens with one attached hydrogen (secondary N) is 1. The van der Waals surface area contributed by atoms with Gasteiger partial charge in [-0.3, -0.25) is 4.79 Å². The molecule has 0 saturated carbocycles. The molecule has 0 bridgehead atoms. The first kappa shape index (κ1) is 19.2. The molecule has 1 aromatic heterocycles. The minimum Gasteiger partial charge on any atom is -0.493 e. The van der Waals surface area contributed by atoms with Crippen molar-refractivity contribution in [2.45, 2.75) is 13.8 Å². The van der Waals surface area contributed by atoms with Crippen LogP contribution in [0.15, 0.2) is 41.8 Å². The van der Waals surface area contributed by atoms with Crippen molar-refractivity contribution in [2.75, 3.05) is 19.0 Å². The molecule has 0 saturated heterocycles. The third kappa shape index (κ3) is 4.40. The van der Waals surface area contributed by atoms with Crippen LogP contribution in [0.5, 0.6) is 11.5 Å². The summed E-state index contributed by atoms with van der Waals surface area (Å²) < 4.78 is 10.8. The van der Waals surface area contributed by atoms with Gasteiger partial charge in [-0.05, 0) is 38.1 Å². The largest absolute Gasteiger partial charge is 0.493 e. The molecule has 0 spiro atoms. The maximum Gasteiger partial charge on any atom is 0.255 e. The Kier molecular flexibility index (Phi) is 5.98. The number of nitrogens with zero attached hydrogens (tertiary/aromatic N) is 1. The highest BCUT2D eigenvalue weighted by molar-refractivity contribution is 7.09. The van der Waals surface area contributed by atoms with Crippen molar-refractivity contribution >= 4 is 34.5 Å². The second-order valence-electron chi connectivity index (χ2n) is 5.71. The van der Waals surface area contributed by atoms with Gasteiger partial charge in [0.25, 0.3) is 5.91 Å². The van der Waals surface area contributed by atoms with Gasteiger partial charge in [0.15, 0.2) is 11.5 Å². The number of halogens is 1. The first-order valence-electron chi connectivity index (χ1n) is 8.36. The Morgan fingerprint density at radius 1 is 1.30 bits per heavy atom. The number of carbonyl (C=O) groups excluding carboxylic acids is 1. The van der Waals surface area contributed by atoms with Gasteiger partial charge in [0.2, 0.25) is 0 Å². The molecule has 3 rings (SSSR count). The summed E-state index contributed by atoms with van der Waals surface area (Å²) in [6.45, 7) is 4.26. The molecule has 0 atom stereocenters. The molecule has 1 amide bonds. The van der Waals surface area contributed by atoms with Crippen LogP contribution in [-0.2, 0) is 0 Å². The minimum absolute atomic E-state index is 0.287. The SMILES string of the molecule is CCOc1c(Cl)cc(C(=O)Nc2cccc(-c3csc(C)n3)c2)cc1OC. The Hall–Kier alpha value is -2.57. The van der Waals surface area contributed by atoms with Crippen molar-refractivity contribution in [3.05, 3.63) is 57.4 Å². The van der Waals surface area contributed by atoms with E-state index in [2.05, 4.69) is 10.3 Å². The van der Waals surface area contributed by atoms with Crippen molar-refractivity contribution in [1.82, 2.24) is 4.98 Å². The van der Waals surface area contributed by atoms with Gasteiger partial charge in [-0.15, -0.1) is 11.3 Å². The van der Waals surface area contributed by atoms with E-state index in [1.165, 1.54) is 7.11 Å². The van der Waals surface area contributed by atoms with Crippen LogP contribution in [0.1, 0.15) is 22.3 Å². The molecular formula is C20H19ClN2O3S. The molecule has 2 aromatic carbocycles. The van der Waals surface area contributed by atoms with Crippen LogP contribution in [0.4, 0.5) is 5.69 Å². The number of amides is 1. The number of rotatable bonds is 6. The van der Waals surface area contributed by atoms with Crippen molar-refractivity contribution in [1.29, 1.82) is 0 Å². The fraction of sp³-hybridized carbons (Fsp3) is 0.200. The molecule has 5 nitrogen and oxygen atoms in total. The summed E-state index contributed by atoms with van der Waals surface area (Å²) in [5.41, 5.74) is 2.89. The van der Waals surface area contributed by atoms with Gasteiger partial charge >= 0.3 is 0 Å². The first-order chi connectivity index (χ1) is 13.0. The molecule has 0 aliphatic carbocycles. The zero-order valence-corrected chi connectivity index (χ0v) is 16.8. The Balaban J connectivity index is 1.84. The first-order valence-corrected chi connectivity index (χ1v) is 9.61. The van der Waals surface area contributed by atoms with Crippen LogP contribution in [0, 0.1) is 6.92 Å². The zero-order valence-electron chi connectivity index (χ0n) is 15.2. The standard InChI is InChI=1S/C20H19ClN2O3S/c1-4-26-19-16(21)9-14(10-18(19)25-3)20(24)23-15-7-5-6-13(8-15)17-11-27-12(2)22-17/h5-11H,4H2,1-3H3,(H,23,24). The number of hydrogen-bond donors (Lipinski definition) is 1. The van der Waals surface area contributed by atoms with E-state index in [0.29, 0.717) is 34.4 Å². The number of aryl methyl sites for hydroxylation is 1. The Labute approximate surface area is 166 Å². The molecule has 0 aliphatic rings. The summed E-state index contributed by atoms with van der Waals surface area (Å²) in [5.74, 6) is 0.560. The predicted molar refractivity (Wildman–Crippen MR) is 109 cm³/mol. The average molecular weight is 403 g/mol. The second kappa shape index (κ2) is 8.41. The highest BCUT2D eigenvalue weighted by atomic mass is 35.5. The van der Waals surface area contributed by atoms with Gasteiger partial charge in [0.1, 0.15) is 0 Å².